The van der Waals surface area contributed by atoms with E-state index in [1.165, 1.54) is 42.9 Å². The SMILES string of the molecule is O=C(Nc1ccc(NC(=O)c2ccco2)cc1C(F)(F)F)c1ccc(Cn2cncn2)cc1. The molecular weight excluding hydrogens is 439 g/mol. The highest BCUT2D eigenvalue weighted by Gasteiger charge is 2.34. The van der Waals surface area contributed by atoms with Crippen LogP contribution in [0, 0.1) is 0 Å². The van der Waals surface area contributed by atoms with E-state index in [1.54, 1.807) is 23.1 Å². The number of nitrogens with zero attached hydrogens (tertiary/aromatic N) is 3. The van der Waals surface area contributed by atoms with Gasteiger partial charge < -0.3 is 15.1 Å². The van der Waals surface area contributed by atoms with Gasteiger partial charge in [-0.2, -0.15) is 18.3 Å². The van der Waals surface area contributed by atoms with Crippen molar-refractivity contribution >= 4 is 23.2 Å². The molecule has 0 aliphatic rings. The van der Waals surface area contributed by atoms with Gasteiger partial charge in [0.25, 0.3) is 11.8 Å². The van der Waals surface area contributed by atoms with Crippen LogP contribution in [-0.4, -0.2) is 26.6 Å². The lowest BCUT2D eigenvalue weighted by atomic mass is 10.1. The summed E-state index contributed by atoms with van der Waals surface area (Å²) in [4.78, 5) is 28.4. The molecule has 0 unspecified atom stereocenters. The Bertz CT molecular complexity index is 1250. The van der Waals surface area contributed by atoms with Crippen LogP contribution in [0.4, 0.5) is 24.5 Å². The maximum atomic E-state index is 13.6. The van der Waals surface area contributed by atoms with E-state index in [0.29, 0.717) is 6.54 Å². The number of halogens is 3. The molecule has 0 saturated carbocycles. The van der Waals surface area contributed by atoms with Crippen LogP contribution in [0.1, 0.15) is 32.0 Å². The summed E-state index contributed by atoms with van der Waals surface area (Å²) in [6.07, 6.45) is -0.556. The molecule has 2 N–H and O–H groups in total. The Labute approximate surface area is 185 Å². The van der Waals surface area contributed by atoms with Crippen molar-refractivity contribution in [1.29, 1.82) is 0 Å². The molecule has 2 aromatic heterocycles. The van der Waals surface area contributed by atoms with Crippen LogP contribution >= 0.6 is 0 Å². The quantitative estimate of drug-likeness (QED) is 0.448. The van der Waals surface area contributed by atoms with Crippen LogP contribution in [0.5, 0.6) is 0 Å². The highest BCUT2D eigenvalue weighted by Crippen LogP contribution is 2.37. The lowest BCUT2D eigenvalue weighted by molar-refractivity contribution is -0.136. The topological polar surface area (TPSA) is 102 Å². The van der Waals surface area contributed by atoms with Crippen molar-refractivity contribution in [3.63, 3.8) is 0 Å². The zero-order valence-corrected chi connectivity index (χ0v) is 16.8. The van der Waals surface area contributed by atoms with Crippen molar-refractivity contribution in [3.05, 3.63) is 96.0 Å². The summed E-state index contributed by atoms with van der Waals surface area (Å²) >= 11 is 0. The van der Waals surface area contributed by atoms with Gasteiger partial charge >= 0.3 is 6.18 Å². The second-order valence-corrected chi connectivity index (χ2v) is 6.93. The van der Waals surface area contributed by atoms with Gasteiger partial charge in [0, 0.05) is 11.3 Å². The molecule has 0 atom stereocenters. The predicted octanol–water partition coefficient (Wildman–Crippen LogP) is 4.44. The molecule has 33 heavy (non-hydrogen) atoms. The first-order valence-electron chi connectivity index (χ1n) is 9.58. The van der Waals surface area contributed by atoms with Gasteiger partial charge in [0.1, 0.15) is 12.7 Å². The van der Waals surface area contributed by atoms with E-state index < -0.39 is 29.2 Å². The first-order chi connectivity index (χ1) is 15.8. The summed E-state index contributed by atoms with van der Waals surface area (Å²) in [5, 5.41) is 8.61. The number of alkyl halides is 3. The molecule has 0 aliphatic carbocycles. The van der Waals surface area contributed by atoms with Crippen molar-refractivity contribution in [2.75, 3.05) is 10.6 Å². The minimum Gasteiger partial charge on any atom is -0.459 e. The highest BCUT2D eigenvalue weighted by molar-refractivity contribution is 6.05. The molecule has 2 amide bonds. The molecule has 2 heterocycles. The maximum absolute atomic E-state index is 13.6. The van der Waals surface area contributed by atoms with Crippen molar-refractivity contribution in [3.8, 4) is 0 Å². The molecule has 0 spiro atoms. The van der Waals surface area contributed by atoms with Gasteiger partial charge in [-0.1, -0.05) is 12.1 Å². The lowest BCUT2D eigenvalue weighted by Gasteiger charge is -2.16. The summed E-state index contributed by atoms with van der Waals surface area (Å²) < 4.78 is 47.4. The van der Waals surface area contributed by atoms with E-state index >= 15 is 0 Å². The van der Waals surface area contributed by atoms with Gasteiger partial charge in [-0.15, -0.1) is 0 Å². The molecule has 0 bridgehead atoms. The molecule has 0 saturated heterocycles. The molecular formula is C22H16F3N5O3. The average molecular weight is 455 g/mol. The van der Waals surface area contributed by atoms with Crippen LogP contribution in [-0.2, 0) is 12.7 Å². The first kappa shape index (κ1) is 21.8. The third kappa shape index (κ3) is 5.26. The molecule has 0 fully saturated rings. The molecule has 168 valence electrons. The van der Waals surface area contributed by atoms with Crippen molar-refractivity contribution in [1.82, 2.24) is 14.8 Å². The fourth-order valence-corrected chi connectivity index (χ4v) is 3.02. The van der Waals surface area contributed by atoms with E-state index in [2.05, 4.69) is 20.7 Å². The molecule has 11 heteroatoms. The molecule has 0 radical (unpaired) electrons. The van der Waals surface area contributed by atoms with Crippen LogP contribution in [0.25, 0.3) is 0 Å². The third-order valence-corrected chi connectivity index (χ3v) is 4.60. The summed E-state index contributed by atoms with van der Waals surface area (Å²) in [6, 6.07) is 12.3. The van der Waals surface area contributed by atoms with Gasteiger partial charge in [-0.3, -0.25) is 9.59 Å². The van der Waals surface area contributed by atoms with Gasteiger partial charge in [0.2, 0.25) is 0 Å². The van der Waals surface area contributed by atoms with E-state index in [-0.39, 0.29) is 17.0 Å². The number of carbonyl (C=O) groups is 2. The Kier molecular flexibility index (Phi) is 5.94. The molecule has 8 nitrogen and oxygen atoms in total. The van der Waals surface area contributed by atoms with Gasteiger partial charge in [-0.25, -0.2) is 9.67 Å². The maximum Gasteiger partial charge on any atom is 0.418 e. The number of hydrogen-bond donors (Lipinski definition) is 2. The van der Waals surface area contributed by atoms with Crippen molar-refractivity contribution < 1.29 is 27.2 Å². The number of nitrogens with one attached hydrogen (secondary N) is 2. The normalized spacial score (nSPS) is 11.2. The van der Waals surface area contributed by atoms with Crippen LogP contribution in [0.3, 0.4) is 0 Å². The first-order valence-corrected chi connectivity index (χ1v) is 9.58. The third-order valence-electron chi connectivity index (χ3n) is 4.60. The van der Waals surface area contributed by atoms with Crippen LogP contribution < -0.4 is 10.6 Å². The smallest absolute Gasteiger partial charge is 0.418 e. The van der Waals surface area contributed by atoms with E-state index in [9.17, 15) is 22.8 Å². The van der Waals surface area contributed by atoms with Gasteiger partial charge in [0.05, 0.1) is 24.1 Å². The summed E-state index contributed by atoms with van der Waals surface area (Å²) in [5.41, 5.74) is -0.615. The molecule has 0 aliphatic heterocycles. The fraction of sp³-hybridized carbons (Fsp3) is 0.0909. The molecule has 4 rings (SSSR count). The van der Waals surface area contributed by atoms with Crippen molar-refractivity contribution in [2.45, 2.75) is 12.7 Å². The zero-order valence-electron chi connectivity index (χ0n) is 16.8. The molecule has 2 aromatic carbocycles. The number of furan rings is 1. The standard InChI is InChI=1S/C22H16F3N5O3/c23-22(24,25)17-10-16(28-21(32)19-2-1-9-33-19)7-8-18(17)29-20(31)15-5-3-14(4-6-15)11-30-13-26-12-27-30/h1-10,12-13H,11H2,(H,28,32)(H,29,31). The number of benzene rings is 2. The number of rotatable bonds is 6. The Morgan fingerprint density at radius 3 is 2.42 bits per heavy atom. The Balaban J connectivity index is 1.50. The fourth-order valence-electron chi connectivity index (χ4n) is 3.02. The van der Waals surface area contributed by atoms with Crippen LogP contribution in [0.15, 0.2) is 77.9 Å². The minimum atomic E-state index is -4.77. The van der Waals surface area contributed by atoms with Gasteiger partial charge in [0.15, 0.2) is 5.76 Å². The number of hydrogen-bond acceptors (Lipinski definition) is 5. The second-order valence-electron chi connectivity index (χ2n) is 6.93. The Morgan fingerprint density at radius 2 is 1.79 bits per heavy atom. The number of anilines is 2. The number of amides is 2. The largest absolute Gasteiger partial charge is 0.459 e. The second kappa shape index (κ2) is 8.99. The predicted molar refractivity (Wildman–Crippen MR) is 112 cm³/mol. The van der Waals surface area contributed by atoms with E-state index in [4.69, 9.17) is 4.42 Å². The van der Waals surface area contributed by atoms with E-state index in [0.717, 1.165) is 17.7 Å². The Hall–Kier alpha value is -4.41. The van der Waals surface area contributed by atoms with Gasteiger partial charge in [-0.05, 0) is 48.0 Å². The summed E-state index contributed by atoms with van der Waals surface area (Å²) in [6.45, 7) is 0.436. The summed E-state index contributed by atoms with van der Waals surface area (Å²) in [7, 11) is 0. The monoisotopic (exact) mass is 455 g/mol. The van der Waals surface area contributed by atoms with Crippen molar-refractivity contribution in [2.24, 2.45) is 0 Å². The van der Waals surface area contributed by atoms with E-state index in [1.807, 2.05) is 0 Å². The minimum absolute atomic E-state index is 0.0480. The summed E-state index contributed by atoms with van der Waals surface area (Å²) in [5.74, 6) is -1.45. The highest BCUT2D eigenvalue weighted by atomic mass is 19.4. The lowest BCUT2D eigenvalue weighted by Crippen LogP contribution is -2.18. The average Bonchev–Trinajstić information content (AvgIpc) is 3.49. The van der Waals surface area contributed by atoms with Crippen LogP contribution in [0.2, 0.25) is 0 Å². The zero-order chi connectivity index (χ0) is 23.4. The number of aromatic nitrogens is 3. The number of carbonyl (C=O) groups excluding carboxylic acids is 2. The molecule has 4 aromatic rings. The Morgan fingerprint density at radius 1 is 1.00 bits per heavy atom.